The van der Waals surface area contributed by atoms with E-state index in [0.717, 1.165) is 18.4 Å². The molecule has 1 aliphatic rings. The van der Waals surface area contributed by atoms with Crippen LogP contribution in [0.5, 0.6) is 0 Å². The SMILES string of the molecule is CC1(C)CCC(O[Si](C)(C)C(C)(C)C)c2cc(B(O)O)ccc21. The first kappa shape index (κ1) is 18.7. The summed E-state index contributed by atoms with van der Waals surface area (Å²) in [6, 6.07) is 5.80. The Morgan fingerprint density at radius 1 is 1.22 bits per heavy atom. The number of hydrogen-bond acceptors (Lipinski definition) is 3. The summed E-state index contributed by atoms with van der Waals surface area (Å²) >= 11 is 0. The zero-order chi connectivity index (χ0) is 17.6. The zero-order valence-electron chi connectivity index (χ0n) is 15.6. The van der Waals surface area contributed by atoms with Gasteiger partial charge in [-0.3, -0.25) is 0 Å². The van der Waals surface area contributed by atoms with Gasteiger partial charge in [0.2, 0.25) is 0 Å². The molecule has 0 spiro atoms. The van der Waals surface area contributed by atoms with Gasteiger partial charge in [-0.1, -0.05) is 52.8 Å². The van der Waals surface area contributed by atoms with Crippen LogP contribution in [0.1, 0.15) is 64.7 Å². The first-order valence-electron chi connectivity index (χ1n) is 8.53. The first-order valence-corrected chi connectivity index (χ1v) is 11.4. The fourth-order valence-corrected chi connectivity index (χ4v) is 4.37. The van der Waals surface area contributed by atoms with Crippen LogP contribution in [0.25, 0.3) is 0 Å². The van der Waals surface area contributed by atoms with Crippen molar-refractivity contribution in [2.75, 3.05) is 0 Å². The van der Waals surface area contributed by atoms with Crippen molar-refractivity contribution < 1.29 is 14.5 Å². The van der Waals surface area contributed by atoms with Gasteiger partial charge in [0.1, 0.15) is 0 Å². The van der Waals surface area contributed by atoms with Gasteiger partial charge in [0.05, 0.1) is 6.10 Å². The summed E-state index contributed by atoms with van der Waals surface area (Å²) in [5.41, 5.74) is 3.06. The van der Waals surface area contributed by atoms with E-state index in [4.69, 9.17) is 4.43 Å². The molecule has 1 aromatic carbocycles. The van der Waals surface area contributed by atoms with Gasteiger partial charge in [0.25, 0.3) is 0 Å². The quantitative estimate of drug-likeness (QED) is 0.832. The number of rotatable bonds is 3. The van der Waals surface area contributed by atoms with Crippen molar-refractivity contribution in [2.24, 2.45) is 0 Å². The minimum atomic E-state index is -1.88. The lowest BCUT2D eigenvalue weighted by Gasteiger charge is -2.44. The highest BCUT2D eigenvalue weighted by Gasteiger charge is 2.42. The summed E-state index contributed by atoms with van der Waals surface area (Å²) in [4.78, 5) is 0. The molecule has 23 heavy (non-hydrogen) atoms. The largest absolute Gasteiger partial charge is 0.488 e. The Hall–Kier alpha value is -0.618. The standard InChI is InChI=1S/C18H31BO3Si/c1-17(2,3)23(6,7)22-16-10-11-18(4,5)15-9-8-13(19(20)21)12-14(15)16/h8-9,12,16,20-21H,10-11H2,1-7H3. The predicted octanol–water partition coefficient (Wildman–Crippen LogP) is 3.50. The van der Waals surface area contributed by atoms with E-state index < -0.39 is 15.4 Å². The third-order valence-corrected chi connectivity index (χ3v) is 10.2. The molecule has 0 radical (unpaired) electrons. The average molecular weight is 334 g/mol. The highest BCUT2D eigenvalue weighted by molar-refractivity contribution is 6.74. The van der Waals surface area contributed by atoms with Gasteiger partial charge in [-0.25, -0.2) is 0 Å². The van der Waals surface area contributed by atoms with Crippen LogP contribution in [0.3, 0.4) is 0 Å². The molecule has 0 heterocycles. The second-order valence-electron chi connectivity index (χ2n) is 9.01. The molecule has 1 aliphatic carbocycles. The van der Waals surface area contributed by atoms with Gasteiger partial charge in [-0.2, -0.15) is 0 Å². The number of benzene rings is 1. The molecule has 0 aromatic heterocycles. The molecule has 1 aromatic rings. The van der Waals surface area contributed by atoms with Crippen molar-refractivity contribution in [1.29, 1.82) is 0 Å². The van der Waals surface area contributed by atoms with E-state index >= 15 is 0 Å². The zero-order valence-corrected chi connectivity index (χ0v) is 16.6. The lowest BCUT2D eigenvalue weighted by molar-refractivity contribution is 0.147. The summed E-state index contributed by atoms with van der Waals surface area (Å²) < 4.78 is 6.67. The maximum atomic E-state index is 9.53. The molecule has 0 amide bonds. The predicted molar refractivity (Wildman–Crippen MR) is 99.6 cm³/mol. The lowest BCUT2D eigenvalue weighted by Crippen LogP contribution is -2.43. The molecule has 0 fully saturated rings. The maximum Gasteiger partial charge on any atom is 0.488 e. The summed E-state index contributed by atoms with van der Waals surface area (Å²) in [6.45, 7) is 15.8. The van der Waals surface area contributed by atoms with Crippen molar-refractivity contribution in [3.05, 3.63) is 29.3 Å². The Balaban J connectivity index is 2.44. The Morgan fingerprint density at radius 3 is 2.35 bits per heavy atom. The lowest BCUT2D eigenvalue weighted by atomic mass is 9.69. The third kappa shape index (κ3) is 3.73. The summed E-state index contributed by atoms with van der Waals surface area (Å²) in [6.07, 6.45) is 2.12. The van der Waals surface area contributed by atoms with E-state index in [-0.39, 0.29) is 16.6 Å². The van der Waals surface area contributed by atoms with Crippen LogP contribution in [0, 0.1) is 0 Å². The van der Waals surface area contributed by atoms with E-state index in [0.29, 0.717) is 5.46 Å². The van der Waals surface area contributed by atoms with E-state index in [1.165, 1.54) is 5.56 Å². The highest BCUT2D eigenvalue weighted by atomic mass is 28.4. The van der Waals surface area contributed by atoms with Crippen molar-refractivity contribution in [3.63, 3.8) is 0 Å². The number of fused-ring (bicyclic) bond motifs is 1. The van der Waals surface area contributed by atoms with Crippen LogP contribution in [-0.2, 0) is 9.84 Å². The third-order valence-electron chi connectivity index (χ3n) is 5.72. The number of hydrogen-bond donors (Lipinski definition) is 2. The van der Waals surface area contributed by atoms with Crippen LogP contribution in [-0.4, -0.2) is 25.5 Å². The molecule has 1 atom stereocenters. The molecule has 0 bridgehead atoms. The van der Waals surface area contributed by atoms with Crippen molar-refractivity contribution in [3.8, 4) is 0 Å². The minimum absolute atomic E-state index is 0.0533. The van der Waals surface area contributed by atoms with E-state index in [2.05, 4.69) is 47.7 Å². The van der Waals surface area contributed by atoms with E-state index in [9.17, 15) is 10.0 Å². The summed E-state index contributed by atoms with van der Waals surface area (Å²) in [7, 11) is -3.31. The fourth-order valence-electron chi connectivity index (χ4n) is 3.06. The van der Waals surface area contributed by atoms with E-state index in [1.807, 2.05) is 18.2 Å². The molecular formula is C18H31BO3Si. The maximum absolute atomic E-state index is 9.53. The molecule has 128 valence electrons. The first-order chi connectivity index (χ1) is 10.3. The summed E-state index contributed by atoms with van der Waals surface area (Å²) in [5.74, 6) is 0. The van der Waals surface area contributed by atoms with Gasteiger partial charge >= 0.3 is 7.12 Å². The highest BCUT2D eigenvalue weighted by Crippen LogP contribution is 2.46. The van der Waals surface area contributed by atoms with Gasteiger partial charge in [0, 0.05) is 0 Å². The Labute approximate surface area is 142 Å². The van der Waals surface area contributed by atoms with Gasteiger partial charge in [-0.05, 0) is 53.0 Å². The van der Waals surface area contributed by atoms with Crippen molar-refractivity contribution in [1.82, 2.24) is 0 Å². The molecule has 0 saturated heterocycles. The molecule has 2 N–H and O–H groups in total. The van der Waals surface area contributed by atoms with Gasteiger partial charge < -0.3 is 14.5 Å². The van der Waals surface area contributed by atoms with Crippen LogP contribution in [0.2, 0.25) is 18.1 Å². The normalized spacial score (nSPS) is 21.0. The van der Waals surface area contributed by atoms with Crippen LogP contribution >= 0.6 is 0 Å². The Kier molecular flexibility index (Phi) is 4.91. The molecule has 3 nitrogen and oxygen atoms in total. The smallest absolute Gasteiger partial charge is 0.423 e. The van der Waals surface area contributed by atoms with Crippen LogP contribution < -0.4 is 5.46 Å². The molecule has 5 heteroatoms. The van der Waals surface area contributed by atoms with Crippen molar-refractivity contribution in [2.45, 2.75) is 77.1 Å². The van der Waals surface area contributed by atoms with Crippen LogP contribution in [0.4, 0.5) is 0 Å². The van der Waals surface area contributed by atoms with Crippen LogP contribution in [0.15, 0.2) is 18.2 Å². The molecular weight excluding hydrogens is 303 g/mol. The molecule has 2 rings (SSSR count). The summed E-state index contributed by atoms with van der Waals surface area (Å²) in [5, 5.41) is 19.2. The van der Waals surface area contributed by atoms with Gasteiger partial charge in [-0.15, -0.1) is 0 Å². The van der Waals surface area contributed by atoms with Crippen molar-refractivity contribution >= 4 is 20.9 Å². The molecule has 0 saturated carbocycles. The van der Waals surface area contributed by atoms with Gasteiger partial charge in [0.15, 0.2) is 8.32 Å². The minimum Gasteiger partial charge on any atom is -0.423 e. The second kappa shape index (κ2) is 6.03. The monoisotopic (exact) mass is 334 g/mol. The fraction of sp³-hybridized carbons (Fsp3) is 0.667. The second-order valence-corrected chi connectivity index (χ2v) is 13.8. The topological polar surface area (TPSA) is 49.7 Å². The average Bonchev–Trinajstić information content (AvgIpc) is 2.40. The molecule has 1 unspecified atom stereocenters. The Morgan fingerprint density at radius 2 is 1.83 bits per heavy atom. The molecule has 0 aliphatic heterocycles. The van der Waals surface area contributed by atoms with E-state index in [1.54, 1.807) is 0 Å². The Bertz CT molecular complexity index is 576.